The molecule has 0 radical (unpaired) electrons. The van der Waals surface area contributed by atoms with Crippen LogP contribution in [0.25, 0.3) is 0 Å². The summed E-state index contributed by atoms with van der Waals surface area (Å²) in [5, 5.41) is 18.1. The zero-order chi connectivity index (χ0) is 16.9. The highest BCUT2D eigenvalue weighted by atomic mass is 16.5. The average Bonchev–Trinajstić information content (AvgIpc) is 2.99. The van der Waals surface area contributed by atoms with Gasteiger partial charge in [-0.25, -0.2) is 0 Å². The molecule has 0 amide bonds. The molecule has 1 aromatic carbocycles. The molecule has 0 aliphatic heterocycles. The number of aliphatic hydroxyl groups is 1. The third-order valence-corrected chi connectivity index (χ3v) is 4.15. The molecule has 5 nitrogen and oxygen atoms in total. The molecule has 23 heavy (non-hydrogen) atoms. The number of ether oxygens (including phenoxy) is 1. The Kier molecular flexibility index (Phi) is 5.80. The Morgan fingerprint density at radius 1 is 1.35 bits per heavy atom. The molecule has 0 aliphatic rings. The van der Waals surface area contributed by atoms with Crippen molar-refractivity contribution in [3.05, 3.63) is 47.8 Å². The van der Waals surface area contributed by atoms with Gasteiger partial charge < -0.3 is 15.2 Å². The van der Waals surface area contributed by atoms with Gasteiger partial charge in [-0.2, -0.15) is 5.10 Å². The Labute approximate surface area is 138 Å². The van der Waals surface area contributed by atoms with Gasteiger partial charge in [0.15, 0.2) is 0 Å². The fraction of sp³-hybridized carbons (Fsp3) is 0.500. The predicted octanol–water partition coefficient (Wildman–Crippen LogP) is 2.25. The molecule has 0 bridgehead atoms. The number of methoxy groups -OCH3 is 1. The summed E-state index contributed by atoms with van der Waals surface area (Å²) >= 11 is 0. The van der Waals surface area contributed by atoms with E-state index in [2.05, 4.69) is 29.5 Å². The Bertz CT molecular complexity index is 605. The molecule has 0 spiro atoms. The van der Waals surface area contributed by atoms with Crippen LogP contribution < -0.4 is 10.1 Å². The van der Waals surface area contributed by atoms with Crippen molar-refractivity contribution < 1.29 is 9.84 Å². The lowest BCUT2D eigenvalue weighted by atomic mass is 9.98. The predicted molar refractivity (Wildman–Crippen MR) is 91.6 cm³/mol. The first-order valence-electron chi connectivity index (χ1n) is 7.98. The van der Waals surface area contributed by atoms with Crippen LogP contribution in [-0.2, 0) is 19.1 Å². The fourth-order valence-corrected chi connectivity index (χ4v) is 2.45. The van der Waals surface area contributed by atoms with Crippen LogP contribution in [0.15, 0.2) is 36.7 Å². The molecule has 126 valence electrons. The maximum Gasteiger partial charge on any atom is 0.118 e. The highest BCUT2D eigenvalue weighted by Crippen LogP contribution is 2.19. The second-order valence-corrected chi connectivity index (χ2v) is 6.35. The summed E-state index contributed by atoms with van der Waals surface area (Å²) < 4.78 is 6.87. The van der Waals surface area contributed by atoms with Gasteiger partial charge in [-0.1, -0.05) is 12.1 Å². The van der Waals surface area contributed by atoms with Gasteiger partial charge in [-0.3, -0.25) is 4.68 Å². The van der Waals surface area contributed by atoms with Gasteiger partial charge in [0.2, 0.25) is 0 Å². The Morgan fingerprint density at radius 3 is 2.61 bits per heavy atom. The molecule has 1 aromatic heterocycles. The van der Waals surface area contributed by atoms with Gasteiger partial charge >= 0.3 is 0 Å². The lowest BCUT2D eigenvalue weighted by Gasteiger charge is -2.25. The summed E-state index contributed by atoms with van der Waals surface area (Å²) in [6.07, 6.45) is 5.57. The number of benzene rings is 1. The zero-order valence-corrected chi connectivity index (χ0v) is 14.4. The minimum atomic E-state index is -0.914. The van der Waals surface area contributed by atoms with Gasteiger partial charge in [0.1, 0.15) is 11.4 Å². The largest absolute Gasteiger partial charge is 0.497 e. The second kappa shape index (κ2) is 7.62. The molecule has 2 atom stereocenters. The SMILES string of the molecule is COc1ccc(CCC(C)NCC(C)(O)c2cnn(C)c2)cc1. The van der Waals surface area contributed by atoms with E-state index in [-0.39, 0.29) is 0 Å². The van der Waals surface area contributed by atoms with E-state index in [1.807, 2.05) is 32.3 Å². The zero-order valence-electron chi connectivity index (χ0n) is 14.4. The van der Waals surface area contributed by atoms with Crippen LogP contribution in [-0.4, -0.2) is 34.6 Å². The normalized spacial score (nSPS) is 15.2. The van der Waals surface area contributed by atoms with Gasteiger partial charge in [-0.05, 0) is 44.4 Å². The molecule has 2 rings (SSSR count). The van der Waals surface area contributed by atoms with Crippen molar-refractivity contribution in [2.45, 2.75) is 38.3 Å². The first-order chi connectivity index (χ1) is 10.9. The van der Waals surface area contributed by atoms with E-state index in [9.17, 15) is 5.11 Å². The number of nitrogens with zero attached hydrogens (tertiary/aromatic N) is 2. The molecule has 2 unspecified atom stereocenters. The number of nitrogens with one attached hydrogen (secondary N) is 1. The minimum absolute atomic E-state index is 0.320. The molecule has 2 N–H and O–H groups in total. The number of hydrogen-bond acceptors (Lipinski definition) is 4. The average molecular weight is 317 g/mol. The smallest absolute Gasteiger partial charge is 0.118 e. The summed E-state index contributed by atoms with van der Waals surface area (Å²) in [5.41, 5.74) is 1.20. The standard InChI is InChI=1S/C18H27N3O2/c1-14(5-6-15-7-9-17(23-4)10-8-15)19-13-18(2,22)16-11-20-21(3)12-16/h7-12,14,19,22H,5-6,13H2,1-4H3. The number of aryl methyl sites for hydroxylation is 2. The third kappa shape index (κ3) is 5.08. The monoisotopic (exact) mass is 317 g/mol. The second-order valence-electron chi connectivity index (χ2n) is 6.35. The van der Waals surface area contributed by atoms with E-state index in [4.69, 9.17) is 4.74 Å². The summed E-state index contributed by atoms with van der Waals surface area (Å²) in [4.78, 5) is 0. The van der Waals surface area contributed by atoms with E-state index in [1.165, 1.54) is 5.56 Å². The Morgan fingerprint density at radius 2 is 2.04 bits per heavy atom. The van der Waals surface area contributed by atoms with Crippen molar-refractivity contribution in [3.63, 3.8) is 0 Å². The van der Waals surface area contributed by atoms with Crippen molar-refractivity contribution in [1.82, 2.24) is 15.1 Å². The van der Waals surface area contributed by atoms with E-state index in [1.54, 1.807) is 18.0 Å². The van der Waals surface area contributed by atoms with Crippen LogP contribution in [0, 0.1) is 0 Å². The molecule has 0 saturated carbocycles. The Balaban J connectivity index is 1.79. The maximum atomic E-state index is 10.6. The molecular formula is C18H27N3O2. The van der Waals surface area contributed by atoms with E-state index in [0.29, 0.717) is 12.6 Å². The van der Waals surface area contributed by atoms with Crippen LogP contribution >= 0.6 is 0 Å². The summed E-state index contributed by atoms with van der Waals surface area (Å²) in [5.74, 6) is 0.882. The van der Waals surface area contributed by atoms with Crippen LogP contribution in [0.1, 0.15) is 31.4 Å². The van der Waals surface area contributed by atoms with E-state index >= 15 is 0 Å². The van der Waals surface area contributed by atoms with Gasteiger partial charge in [-0.15, -0.1) is 0 Å². The summed E-state index contributed by atoms with van der Waals surface area (Å²) in [6, 6.07) is 8.48. The number of aromatic nitrogens is 2. The van der Waals surface area contributed by atoms with Gasteiger partial charge in [0, 0.05) is 31.4 Å². The van der Waals surface area contributed by atoms with Crippen molar-refractivity contribution in [3.8, 4) is 5.75 Å². The molecule has 2 aromatic rings. The Hall–Kier alpha value is -1.85. The molecule has 0 saturated heterocycles. The highest BCUT2D eigenvalue weighted by molar-refractivity contribution is 5.27. The fourth-order valence-electron chi connectivity index (χ4n) is 2.45. The first-order valence-corrected chi connectivity index (χ1v) is 7.98. The molecule has 5 heteroatoms. The number of rotatable bonds is 8. The lowest BCUT2D eigenvalue weighted by Crippen LogP contribution is -2.39. The van der Waals surface area contributed by atoms with Gasteiger partial charge in [0.25, 0.3) is 0 Å². The summed E-state index contributed by atoms with van der Waals surface area (Å²) in [7, 11) is 3.53. The van der Waals surface area contributed by atoms with Crippen molar-refractivity contribution in [2.75, 3.05) is 13.7 Å². The van der Waals surface area contributed by atoms with Crippen molar-refractivity contribution >= 4 is 0 Å². The highest BCUT2D eigenvalue weighted by Gasteiger charge is 2.24. The van der Waals surface area contributed by atoms with E-state index in [0.717, 1.165) is 24.2 Å². The number of hydrogen-bond donors (Lipinski definition) is 2. The van der Waals surface area contributed by atoms with E-state index < -0.39 is 5.60 Å². The molecule has 0 fully saturated rings. The van der Waals surface area contributed by atoms with Crippen LogP contribution in [0.4, 0.5) is 0 Å². The minimum Gasteiger partial charge on any atom is -0.497 e. The summed E-state index contributed by atoms with van der Waals surface area (Å²) in [6.45, 7) is 4.46. The molecule has 0 aliphatic carbocycles. The maximum absolute atomic E-state index is 10.6. The molecular weight excluding hydrogens is 290 g/mol. The van der Waals surface area contributed by atoms with Crippen LogP contribution in [0.2, 0.25) is 0 Å². The van der Waals surface area contributed by atoms with Crippen molar-refractivity contribution in [2.24, 2.45) is 7.05 Å². The van der Waals surface area contributed by atoms with Crippen LogP contribution in [0.3, 0.4) is 0 Å². The first kappa shape index (κ1) is 17.5. The third-order valence-electron chi connectivity index (χ3n) is 4.15. The topological polar surface area (TPSA) is 59.3 Å². The quantitative estimate of drug-likeness (QED) is 0.784. The molecule has 1 heterocycles. The van der Waals surface area contributed by atoms with Gasteiger partial charge in [0.05, 0.1) is 13.3 Å². The van der Waals surface area contributed by atoms with Crippen LogP contribution in [0.5, 0.6) is 5.75 Å². The van der Waals surface area contributed by atoms with Crippen molar-refractivity contribution in [1.29, 1.82) is 0 Å². The lowest BCUT2D eigenvalue weighted by molar-refractivity contribution is 0.0540.